The quantitative estimate of drug-likeness (QED) is 0.273. The van der Waals surface area contributed by atoms with Crippen molar-refractivity contribution in [3.63, 3.8) is 0 Å². The Kier molecular flexibility index (Phi) is 14.8. The van der Waals surface area contributed by atoms with Crippen molar-refractivity contribution in [2.45, 2.75) is 116 Å². The van der Waals surface area contributed by atoms with Crippen LogP contribution in [0.4, 0.5) is 0 Å². The van der Waals surface area contributed by atoms with Crippen LogP contribution in [0.25, 0.3) is 0 Å². The second-order valence-corrected chi connectivity index (χ2v) is 7.41. The van der Waals surface area contributed by atoms with Crippen molar-refractivity contribution >= 4 is 0 Å². The lowest BCUT2D eigenvalue weighted by atomic mass is 10.1. The van der Waals surface area contributed by atoms with Gasteiger partial charge in [-0.15, -0.1) is 0 Å². The fourth-order valence-electron chi connectivity index (χ4n) is 3.31. The van der Waals surface area contributed by atoms with Gasteiger partial charge in [0, 0.05) is 25.5 Å². The third kappa shape index (κ3) is 13.1. The van der Waals surface area contributed by atoms with E-state index < -0.39 is 0 Å². The molecule has 1 heterocycles. The van der Waals surface area contributed by atoms with Crippen LogP contribution in [0, 0.1) is 0 Å². The Hall–Kier alpha value is -0.830. The van der Waals surface area contributed by atoms with Gasteiger partial charge in [-0.05, 0) is 19.3 Å². The highest BCUT2D eigenvalue weighted by atomic mass is 16.5. The van der Waals surface area contributed by atoms with E-state index in [1.165, 1.54) is 83.5 Å². The summed E-state index contributed by atoms with van der Waals surface area (Å²) in [5.74, 6) is 0. The Morgan fingerprint density at radius 1 is 0.800 bits per heavy atom. The summed E-state index contributed by atoms with van der Waals surface area (Å²) in [6.45, 7) is 6.52. The fraction of sp³-hybridized carbons (Fsp3) is 0.864. The Bertz CT molecular complexity index is 364. The van der Waals surface area contributed by atoms with E-state index in [0.717, 1.165) is 19.6 Å². The molecule has 1 unspecified atom stereocenters. The third-order valence-electron chi connectivity index (χ3n) is 5.00. The van der Waals surface area contributed by atoms with Crippen molar-refractivity contribution in [3.05, 3.63) is 18.7 Å². The predicted molar refractivity (Wildman–Crippen MR) is 108 cm³/mol. The minimum Gasteiger partial charge on any atom is -0.378 e. The van der Waals surface area contributed by atoms with Crippen molar-refractivity contribution in [2.24, 2.45) is 0 Å². The monoisotopic (exact) mass is 350 g/mol. The standard InChI is InChI=1S/C22H42N2O/c1-3-5-7-9-10-11-12-14-20-25-22(15-13-8-6-4-2)16-18-24-19-17-23-21-24/h17,19,21-22H,3-16,18,20H2,1-2H3. The molecule has 1 aromatic heterocycles. The van der Waals surface area contributed by atoms with E-state index in [1.54, 1.807) is 0 Å². The molecule has 0 fully saturated rings. The first-order valence-corrected chi connectivity index (χ1v) is 10.9. The maximum atomic E-state index is 6.23. The molecule has 0 aliphatic carbocycles. The third-order valence-corrected chi connectivity index (χ3v) is 5.00. The van der Waals surface area contributed by atoms with Crippen molar-refractivity contribution < 1.29 is 4.74 Å². The molecule has 0 radical (unpaired) electrons. The van der Waals surface area contributed by atoms with Crippen LogP contribution in [0.3, 0.4) is 0 Å². The average molecular weight is 351 g/mol. The smallest absolute Gasteiger partial charge is 0.0945 e. The molecule has 1 aromatic rings. The van der Waals surface area contributed by atoms with Gasteiger partial charge in [0.25, 0.3) is 0 Å². The van der Waals surface area contributed by atoms with E-state index in [9.17, 15) is 0 Å². The van der Waals surface area contributed by atoms with E-state index in [-0.39, 0.29) is 0 Å². The molecule has 0 saturated heterocycles. The van der Waals surface area contributed by atoms with Crippen LogP contribution < -0.4 is 0 Å². The van der Waals surface area contributed by atoms with E-state index in [4.69, 9.17) is 4.74 Å². The molecule has 0 saturated carbocycles. The Balaban J connectivity index is 2.09. The van der Waals surface area contributed by atoms with E-state index in [1.807, 2.05) is 18.7 Å². The number of imidazole rings is 1. The highest BCUT2D eigenvalue weighted by Gasteiger charge is 2.09. The summed E-state index contributed by atoms with van der Waals surface area (Å²) in [6, 6.07) is 0. The number of aryl methyl sites for hydroxylation is 1. The SMILES string of the molecule is CCCCCCCCCCOC(CCCCCC)CCn1ccnc1. The molecule has 3 heteroatoms. The minimum absolute atomic E-state index is 0.420. The summed E-state index contributed by atoms with van der Waals surface area (Å²) in [6.07, 6.45) is 24.8. The molecule has 1 atom stereocenters. The molecular formula is C22H42N2O. The maximum absolute atomic E-state index is 6.23. The lowest BCUT2D eigenvalue weighted by molar-refractivity contribution is 0.0346. The van der Waals surface area contributed by atoms with E-state index in [0.29, 0.717) is 6.10 Å². The van der Waals surface area contributed by atoms with Crippen LogP contribution in [-0.4, -0.2) is 22.3 Å². The van der Waals surface area contributed by atoms with Gasteiger partial charge in [-0.3, -0.25) is 0 Å². The first-order chi connectivity index (χ1) is 12.4. The van der Waals surface area contributed by atoms with Crippen LogP contribution in [0.2, 0.25) is 0 Å². The summed E-state index contributed by atoms with van der Waals surface area (Å²) in [7, 11) is 0. The van der Waals surface area contributed by atoms with Gasteiger partial charge in [0.2, 0.25) is 0 Å². The first kappa shape index (κ1) is 22.2. The summed E-state index contributed by atoms with van der Waals surface area (Å²) < 4.78 is 8.40. The Morgan fingerprint density at radius 2 is 1.44 bits per heavy atom. The summed E-state index contributed by atoms with van der Waals surface area (Å²) in [5, 5.41) is 0. The second-order valence-electron chi connectivity index (χ2n) is 7.41. The predicted octanol–water partition coefficient (Wildman–Crippen LogP) is 6.77. The Morgan fingerprint density at radius 3 is 2.08 bits per heavy atom. The normalized spacial score (nSPS) is 12.6. The van der Waals surface area contributed by atoms with Gasteiger partial charge in [-0.25, -0.2) is 4.98 Å². The average Bonchev–Trinajstić information content (AvgIpc) is 3.14. The number of aromatic nitrogens is 2. The number of hydrogen-bond donors (Lipinski definition) is 0. The Labute approximate surface area is 156 Å². The largest absolute Gasteiger partial charge is 0.378 e. The molecule has 0 amide bonds. The van der Waals surface area contributed by atoms with Gasteiger partial charge in [0.15, 0.2) is 0 Å². The molecule has 0 aromatic carbocycles. The van der Waals surface area contributed by atoms with E-state index >= 15 is 0 Å². The lowest BCUT2D eigenvalue weighted by Gasteiger charge is -2.18. The number of unbranched alkanes of at least 4 members (excludes halogenated alkanes) is 10. The maximum Gasteiger partial charge on any atom is 0.0945 e. The fourth-order valence-corrected chi connectivity index (χ4v) is 3.31. The summed E-state index contributed by atoms with van der Waals surface area (Å²) >= 11 is 0. The molecule has 146 valence electrons. The molecular weight excluding hydrogens is 308 g/mol. The van der Waals surface area contributed by atoms with Crippen molar-refractivity contribution in [3.8, 4) is 0 Å². The highest BCUT2D eigenvalue weighted by molar-refractivity contribution is 4.74. The van der Waals surface area contributed by atoms with Gasteiger partial charge < -0.3 is 9.30 Å². The zero-order chi connectivity index (χ0) is 18.0. The molecule has 0 bridgehead atoms. The van der Waals surface area contributed by atoms with Crippen molar-refractivity contribution in [2.75, 3.05) is 6.61 Å². The lowest BCUT2D eigenvalue weighted by Crippen LogP contribution is -2.16. The zero-order valence-electron chi connectivity index (χ0n) is 16.9. The number of ether oxygens (including phenoxy) is 1. The molecule has 25 heavy (non-hydrogen) atoms. The second kappa shape index (κ2) is 16.6. The van der Waals surface area contributed by atoms with Crippen molar-refractivity contribution in [1.82, 2.24) is 9.55 Å². The highest BCUT2D eigenvalue weighted by Crippen LogP contribution is 2.14. The van der Waals surface area contributed by atoms with Crippen LogP contribution in [0.15, 0.2) is 18.7 Å². The molecule has 0 aliphatic heterocycles. The van der Waals surface area contributed by atoms with Crippen LogP contribution in [0.5, 0.6) is 0 Å². The van der Waals surface area contributed by atoms with Gasteiger partial charge in [-0.1, -0.05) is 84.5 Å². The molecule has 3 nitrogen and oxygen atoms in total. The molecule has 0 aliphatic rings. The minimum atomic E-state index is 0.420. The molecule has 1 rings (SSSR count). The van der Waals surface area contributed by atoms with Crippen LogP contribution >= 0.6 is 0 Å². The topological polar surface area (TPSA) is 27.1 Å². The molecule has 0 spiro atoms. The summed E-state index contributed by atoms with van der Waals surface area (Å²) in [5.41, 5.74) is 0. The van der Waals surface area contributed by atoms with E-state index in [2.05, 4.69) is 23.4 Å². The van der Waals surface area contributed by atoms with Gasteiger partial charge in [-0.2, -0.15) is 0 Å². The van der Waals surface area contributed by atoms with Gasteiger partial charge in [0.05, 0.1) is 12.4 Å². The number of nitrogens with zero attached hydrogens (tertiary/aromatic N) is 2. The van der Waals surface area contributed by atoms with Crippen LogP contribution in [0.1, 0.15) is 104 Å². The zero-order valence-corrected chi connectivity index (χ0v) is 16.9. The van der Waals surface area contributed by atoms with Gasteiger partial charge in [0.1, 0.15) is 0 Å². The van der Waals surface area contributed by atoms with Gasteiger partial charge >= 0.3 is 0 Å². The summed E-state index contributed by atoms with van der Waals surface area (Å²) in [4.78, 5) is 4.13. The molecule has 0 N–H and O–H groups in total. The number of rotatable bonds is 18. The number of hydrogen-bond acceptors (Lipinski definition) is 2. The first-order valence-electron chi connectivity index (χ1n) is 10.9. The van der Waals surface area contributed by atoms with Crippen LogP contribution in [-0.2, 0) is 11.3 Å². The van der Waals surface area contributed by atoms with Crippen molar-refractivity contribution in [1.29, 1.82) is 0 Å².